The van der Waals surface area contributed by atoms with E-state index in [1.54, 1.807) is 0 Å². The summed E-state index contributed by atoms with van der Waals surface area (Å²) in [5.74, 6) is 1.22. The van der Waals surface area contributed by atoms with Crippen LogP contribution < -0.4 is 5.32 Å². The Labute approximate surface area is 117 Å². The van der Waals surface area contributed by atoms with E-state index in [0.29, 0.717) is 6.04 Å². The highest BCUT2D eigenvalue weighted by Crippen LogP contribution is 2.11. The van der Waals surface area contributed by atoms with Crippen LogP contribution in [0, 0.1) is 0 Å². The van der Waals surface area contributed by atoms with Gasteiger partial charge in [-0.3, -0.25) is 4.90 Å². The van der Waals surface area contributed by atoms with Gasteiger partial charge in [-0.05, 0) is 38.8 Å². The van der Waals surface area contributed by atoms with Gasteiger partial charge in [-0.25, -0.2) is 4.98 Å². The zero-order valence-corrected chi connectivity index (χ0v) is 12.4. The zero-order chi connectivity index (χ0) is 13.5. The molecule has 0 fully saturated rings. The maximum absolute atomic E-state index is 4.42. The third kappa shape index (κ3) is 4.32. The smallest absolute Gasteiger partial charge is 0.122 e. The van der Waals surface area contributed by atoms with Gasteiger partial charge in [0.1, 0.15) is 5.82 Å². The molecule has 1 N–H and O–H groups in total. The molecule has 19 heavy (non-hydrogen) atoms. The highest BCUT2D eigenvalue weighted by atomic mass is 15.2. The van der Waals surface area contributed by atoms with Crippen molar-refractivity contribution in [2.24, 2.45) is 0 Å². The second kappa shape index (κ2) is 7.65. The number of rotatable bonds is 8. The van der Waals surface area contributed by atoms with Crippen molar-refractivity contribution in [1.29, 1.82) is 0 Å². The first kappa shape index (κ1) is 14.5. The molecule has 2 heterocycles. The van der Waals surface area contributed by atoms with E-state index in [9.17, 15) is 0 Å². The maximum atomic E-state index is 4.42. The third-order valence-electron chi connectivity index (χ3n) is 4.03. The lowest BCUT2D eigenvalue weighted by Crippen LogP contribution is -2.35. The second-order valence-corrected chi connectivity index (χ2v) is 5.51. The number of hydrogen-bond donors (Lipinski definition) is 1. The minimum atomic E-state index is 0.701. The SMILES string of the molecule is CCCNC(CC)CCCN1CCn2ccnc2C1. The molecule has 108 valence electrons. The molecule has 0 bridgehead atoms. The summed E-state index contributed by atoms with van der Waals surface area (Å²) in [6.07, 6.45) is 9.06. The summed E-state index contributed by atoms with van der Waals surface area (Å²) in [6, 6.07) is 0.701. The molecule has 1 aliphatic rings. The Bertz CT molecular complexity index is 361. The van der Waals surface area contributed by atoms with Gasteiger partial charge in [-0.2, -0.15) is 0 Å². The summed E-state index contributed by atoms with van der Waals surface area (Å²) in [7, 11) is 0. The van der Waals surface area contributed by atoms with Crippen molar-refractivity contribution in [1.82, 2.24) is 19.8 Å². The van der Waals surface area contributed by atoms with Crippen LogP contribution in [-0.4, -0.2) is 40.1 Å². The molecular weight excluding hydrogens is 236 g/mol. The van der Waals surface area contributed by atoms with Crippen LogP contribution in [0.4, 0.5) is 0 Å². The van der Waals surface area contributed by atoms with E-state index in [2.05, 4.69) is 39.8 Å². The highest BCUT2D eigenvalue weighted by Gasteiger charge is 2.16. The standard InChI is InChI=1S/C15H28N4/c1-3-7-16-14(4-2)6-5-9-18-11-12-19-10-8-17-15(19)13-18/h8,10,14,16H,3-7,9,11-13H2,1-2H3. The predicted octanol–water partition coefficient (Wildman–Crippen LogP) is 2.26. The van der Waals surface area contributed by atoms with Gasteiger partial charge in [0.25, 0.3) is 0 Å². The minimum Gasteiger partial charge on any atom is -0.333 e. The molecule has 0 amide bonds. The molecule has 4 heteroatoms. The van der Waals surface area contributed by atoms with Crippen molar-refractivity contribution in [3.05, 3.63) is 18.2 Å². The molecule has 0 saturated heterocycles. The summed E-state index contributed by atoms with van der Waals surface area (Å²) in [4.78, 5) is 6.95. The Balaban J connectivity index is 1.66. The molecular formula is C15H28N4. The average molecular weight is 264 g/mol. The molecule has 0 saturated carbocycles. The summed E-state index contributed by atoms with van der Waals surface area (Å²) in [5, 5.41) is 3.63. The summed E-state index contributed by atoms with van der Waals surface area (Å²) in [5.41, 5.74) is 0. The van der Waals surface area contributed by atoms with Gasteiger partial charge in [0.15, 0.2) is 0 Å². The number of nitrogens with one attached hydrogen (secondary N) is 1. The van der Waals surface area contributed by atoms with E-state index >= 15 is 0 Å². The fraction of sp³-hybridized carbons (Fsp3) is 0.800. The first-order valence-electron chi connectivity index (χ1n) is 7.79. The van der Waals surface area contributed by atoms with Gasteiger partial charge in [-0.1, -0.05) is 13.8 Å². The fourth-order valence-corrected chi connectivity index (χ4v) is 2.77. The van der Waals surface area contributed by atoms with Gasteiger partial charge >= 0.3 is 0 Å². The van der Waals surface area contributed by atoms with Gasteiger partial charge in [0.2, 0.25) is 0 Å². The molecule has 0 aromatic carbocycles. The molecule has 0 radical (unpaired) electrons. The number of nitrogens with zero attached hydrogens (tertiary/aromatic N) is 3. The predicted molar refractivity (Wildman–Crippen MR) is 79.1 cm³/mol. The molecule has 1 aliphatic heterocycles. The Morgan fingerprint density at radius 2 is 2.26 bits per heavy atom. The van der Waals surface area contributed by atoms with Crippen LogP contribution in [0.25, 0.3) is 0 Å². The molecule has 4 nitrogen and oxygen atoms in total. The average Bonchev–Trinajstić information content (AvgIpc) is 2.90. The largest absolute Gasteiger partial charge is 0.333 e. The van der Waals surface area contributed by atoms with Crippen molar-refractivity contribution in [2.75, 3.05) is 19.6 Å². The molecule has 2 rings (SSSR count). The second-order valence-electron chi connectivity index (χ2n) is 5.51. The lowest BCUT2D eigenvalue weighted by Gasteiger charge is -2.28. The quantitative estimate of drug-likeness (QED) is 0.782. The van der Waals surface area contributed by atoms with Crippen molar-refractivity contribution < 1.29 is 0 Å². The van der Waals surface area contributed by atoms with Crippen molar-refractivity contribution in [3.63, 3.8) is 0 Å². The summed E-state index contributed by atoms with van der Waals surface area (Å²) < 4.78 is 2.27. The fourth-order valence-electron chi connectivity index (χ4n) is 2.77. The lowest BCUT2D eigenvalue weighted by molar-refractivity contribution is 0.209. The molecule has 0 spiro atoms. The Morgan fingerprint density at radius 1 is 1.37 bits per heavy atom. The van der Waals surface area contributed by atoms with E-state index in [1.165, 1.54) is 44.6 Å². The van der Waals surface area contributed by atoms with E-state index < -0.39 is 0 Å². The molecule has 1 aromatic heterocycles. The van der Waals surface area contributed by atoms with Crippen LogP contribution in [0.5, 0.6) is 0 Å². The van der Waals surface area contributed by atoms with Crippen molar-refractivity contribution >= 4 is 0 Å². The maximum Gasteiger partial charge on any atom is 0.122 e. The number of hydrogen-bond acceptors (Lipinski definition) is 3. The Morgan fingerprint density at radius 3 is 3.05 bits per heavy atom. The highest BCUT2D eigenvalue weighted by molar-refractivity contribution is 4.95. The van der Waals surface area contributed by atoms with Crippen LogP contribution >= 0.6 is 0 Å². The molecule has 0 aliphatic carbocycles. The van der Waals surface area contributed by atoms with Crippen LogP contribution in [-0.2, 0) is 13.1 Å². The minimum absolute atomic E-state index is 0.701. The van der Waals surface area contributed by atoms with Crippen molar-refractivity contribution in [2.45, 2.75) is 58.7 Å². The van der Waals surface area contributed by atoms with Gasteiger partial charge < -0.3 is 9.88 Å². The van der Waals surface area contributed by atoms with Gasteiger partial charge in [-0.15, -0.1) is 0 Å². The van der Waals surface area contributed by atoms with E-state index in [-0.39, 0.29) is 0 Å². The van der Waals surface area contributed by atoms with Crippen LogP contribution in [0.3, 0.4) is 0 Å². The first-order valence-corrected chi connectivity index (χ1v) is 7.79. The third-order valence-corrected chi connectivity index (χ3v) is 4.03. The topological polar surface area (TPSA) is 33.1 Å². The summed E-state index contributed by atoms with van der Waals surface area (Å²) in [6.45, 7) is 10.2. The van der Waals surface area contributed by atoms with Crippen molar-refractivity contribution in [3.8, 4) is 0 Å². The van der Waals surface area contributed by atoms with E-state index in [1.807, 2.05) is 6.20 Å². The number of fused-ring (bicyclic) bond motifs is 1. The molecule has 1 aromatic rings. The Hall–Kier alpha value is -0.870. The zero-order valence-electron chi connectivity index (χ0n) is 12.4. The number of aromatic nitrogens is 2. The van der Waals surface area contributed by atoms with Crippen LogP contribution in [0.2, 0.25) is 0 Å². The summed E-state index contributed by atoms with van der Waals surface area (Å²) >= 11 is 0. The molecule has 1 unspecified atom stereocenters. The van der Waals surface area contributed by atoms with E-state index in [4.69, 9.17) is 0 Å². The van der Waals surface area contributed by atoms with E-state index in [0.717, 1.165) is 19.6 Å². The van der Waals surface area contributed by atoms with Crippen LogP contribution in [0.15, 0.2) is 12.4 Å². The monoisotopic (exact) mass is 264 g/mol. The molecule has 1 atom stereocenters. The number of imidazole rings is 1. The van der Waals surface area contributed by atoms with Gasteiger partial charge in [0.05, 0.1) is 6.54 Å². The van der Waals surface area contributed by atoms with Crippen LogP contribution in [0.1, 0.15) is 45.4 Å². The Kier molecular flexibility index (Phi) is 5.86. The lowest BCUT2D eigenvalue weighted by atomic mass is 10.1. The first-order chi connectivity index (χ1) is 9.33. The normalized spacial score (nSPS) is 17.4. The van der Waals surface area contributed by atoms with Gasteiger partial charge in [0, 0.05) is 31.5 Å².